The normalized spacial score (nSPS) is 11.8. The van der Waals surface area contributed by atoms with Gasteiger partial charge in [0.25, 0.3) is 5.91 Å². The monoisotopic (exact) mass is 481 g/mol. The highest BCUT2D eigenvalue weighted by atomic mass is 32.2. The van der Waals surface area contributed by atoms with E-state index in [0.717, 1.165) is 5.56 Å². The molecule has 0 spiro atoms. The largest absolute Gasteiger partial charge is 0.342 e. The number of hydrogen-bond donors (Lipinski definition) is 2. The molecule has 3 aromatic rings. The van der Waals surface area contributed by atoms with Crippen LogP contribution in [0.1, 0.15) is 41.6 Å². The van der Waals surface area contributed by atoms with Crippen molar-refractivity contribution < 1.29 is 14.0 Å². The number of carbonyl (C=O) groups is 2. The van der Waals surface area contributed by atoms with Gasteiger partial charge in [-0.05, 0) is 49.2 Å². The Morgan fingerprint density at radius 2 is 1.79 bits per heavy atom. The maximum absolute atomic E-state index is 13.1. The van der Waals surface area contributed by atoms with Crippen molar-refractivity contribution in [3.05, 3.63) is 84.0 Å². The van der Waals surface area contributed by atoms with Crippen molar-refractivity contribution >= 4 is 29.3 Å². The molecule has 3 rings (SSSR count). The maximum Gasteiger partial charge on any atom is 0.251 e. The molecule has 34 heavy (non-hydrogen) atoms. The molecule has 0 radical (unpaired) electrons. The number of hydrogen-bond acceptors (Lipinski definition) is 5. The standard InChI is InChI=1S/C25H28FN5O2S/c1-5-14-31-23(22(16(2)3)28-24(33)18-8-6-17(4)7-9-18)29-30-25(31)34-15-21(32)27-20-12-10-19(26)11-13-20/h5-13,16,22H,1,14-15H2,2-4H3,(H,27,32)(H,28,33)/t22-/m0/s1. The predicted octanol–water partition coefficient (Wildman–Crippen LogP) is 4.77. The minimum atomic E-state index is -0.386. The number of carbonyl (C=O) groups excluding carboxylic acids is 2. The van der Waals surface area contributed by atoms with Crippen LogP contribution >= 0.6 is 11.8 Å². The van der Waals surface area contributed by atoms with Crippen LogP contribution in [0.25, 0.3) is 0 Å². The molecule has 0 aliphatic carbocycles. The molecular formula is C25H28FN5O2S. The van der Waals surface area contributed by atoms with Crippen LogP contribution in [0.5, 0.6) is 0 Å². The predicted molar refractivity (Wildman–Crippen MR) is 132 cm³/mol. The van der Waals surface area contributed by atoms with Crippen LogP contribution in [0.3, 0.4) is 0 Å². The van der Waals surface area contributed by atoms with Crippen LogP contribution in [0.2, 0.25) is 0 Å². The summed E-state index contributed by atoms with van der Waals surface area (Å²) >= 11 is 1.23. The van der Waals surface area contributed by atoms with Crippen molar-refractivity contribution in [2.24, 2.45) is 5.92 Å². The van der Waals surface area contributed by atoms with E-state index in [4.69, 9.17) is 0 Å². The van der Waals surface area contributed by atoms with Gasteiger partial charge in [0.2, 0.25) is 5.91 Å². The Kier molecular flexibility index (Phi) is 8.59. The van der Waals surface area contributed by atoms with Crippen molar-refractivity contribution in [1.82, 2.24) is 20.1 Å². The molecule has 0 saturated carbocycles. The summed E-state index contributed by atoms with van der Waals surface area (Å²) < 4.78 is 14.9. The van der Waals surface area contributed by atoms with Crippen molar-refractivity contribution in [3.63, 3.8) is 0 Å². The van der Waals surface area contributed by atoms with Crippen LogP contribution < -0.4 is 10.6 Å². The first-order valence-electron chi connectivity index (χ1n) is 10.9. The molecule has 0 fully saturated rings. The molecule has 9 heteroatoms. The van der Waals surface area contributed by atoms with E-state index < -0.39 is 0 Å². The Labute approximate surface area is 202 Å². The Balaban J connectivity index is 1.74. The van der Waals surface area contributed by atoms with Gasteiger partial charge in [0.05, 0.1) is 11.8 Å². The number of aromatic nitrogens is 3. The number of halogens is 1. The fourth-order valence-corrected chi connectivity index (χ4v) is 4.01. The van der Waals surface area contributed by atoms with Crippen molar-refractivity contribution in [2.75, 3.05) is 11.1 Å². The molecule has 0 unspecified atom stereocenters. The van der Waals surface area contributed by atoms with Crippen LogP contribution in [0, 0.1) is 18.7 Å². The number of amides is 2. The number of anilines is 1. The van der Waals surface area contributed by atoms with E-state index in [0.29, 0.717) is 28.8 Å². The maximum atomic E-state index is 13.1. The van der Waals surface area contributed by atoms with Crippen LogP contribution in [0.4, 0.5) is 10.1 Å². The van der Waals surface area contributed by atoms with E-state index in [1.165, 1.54) is 36.0 Å². The van der Waals surface area contributed by atoms with Crippen molar-refractivity contribution in [3.8, 4) is 0 Å². The molecule has 0 aliphatic heterocycles. The van der Waals surface area contributed by atoms with E-state index in [2.05, 4.69) is 27.4 Å². The third-order valence-electron chi connectivity index (χ3n) is 5.06. The van der Waals surface area contributed by atoms with E-state index in [9.17, 15) is 14.0 Å². The van der Waals surface area contributed by atoms with Gasteiger partial charge in [-0.3, -0.25) is 9.59 Å². The van der Waals surface area contributed by atoms with Gasteiger partial charge in [-0.2, -0.15) is 0 Å². The van der Waals surface area contributed by atoms with E-state index in [-0.39, 0.29) is 35.3 Å². The fourth-order valence-electron chi connectivity index (χ4n) is 3.26. The fraction of sp³-hybridized carbons (Fsp3) is 0.280. The molecular weight excluding hydrogens is 453 g/mol. The minimum Gasteiger partial charge on any atom is -0.342 e. The Morgan fingerprint density at radius 3 is 2.41 bits per heavy atom. The summed E-state index contributed by atoms with van der Waals surface area (Å²) in [5.74, 6) is -0.0846. The molecule has 0 aliphatic rings. The third kappa shape index (κ3) is 6.54. The first-order chi connectivity index (χ1) is 16.3. The van der Waals surface area contributed by atoms with Gasteiger partial charge in [-0.15, -0.1) is 16.8 Å². The zero-order valence-electron chi connectivity index (χ0n) is 19.4. The van der Waals surface area contributed by atoms with Gasteiger partial charge in [-0.1, -0.05) is 49.4 Å². The second-order valence-electron chi connectivity index (χ2n) is 8.14. The number of nitrogens with one attached hydrogen (secondary N) is 2. The first-order valence-corrected chi connectivity index (χ1v) is 11.9. The SMILES string of the molecule is C=CCn1c(SCC(=O)Nc2ccc(F)cc2)nnc1[C@@H](NC(=O)c1ccc(C)cc1)C(C)C. The molecule has 7 nitrogen and oxygen atoms in total. The summed E-state index contributed by atoms with van der Waals surface area (Å²) in [7, 11) is 0. The lowest BCUT2D eigenvalue weighted by Crippen LogP contribution is -2.33. The number of nitrogens with zero attached hydrogens (tertiary/aromatic N) is 3. The summed E-state index contributed by atoms with van der Waals surface area (Å²) in [5, 5.41) is 14.9. The third-order valence-corrected chi connectivity index (χ3v) is 6.03. The molecule has 2 amide bonds. The first kappa shape index (κ1) is 25.2. The quantitative estimate of drug-likeness (QED) is 0.322. The molecule has 1 atom stereocenters. The minimum absolute atomic E-state index is 0.0433. The van der Waals surface area contributed by atoms with Crippen molar-refractivity contribution in [1.29, 1.82) is 0 Å². The zero-order chi connectivity index (χ0) is 24.7. The molecule has 2 N–H and O–H groups in total. The highest BCUT2D eigenvalue weighted by Crippen LogP contribution is 2.26. The summed E-state index contributed by atoms with van der Waals surface area (Å²) in [5.41, 5.74) is 2.16. The van der Waals surface area contributed by atoms with E-state index >= 15 is 0 Å². The van der Waals surface area contributed by atoms with Gasteiger partial charge in [0.1, 0.15) is 5.82 Å². The van der Waals surface area contributed by atoms with Crippen LogP contribution in [0.15, 0.2) is 66.3 Å². The zero-order valence-corrected chi connectivity index (χ0v) is 20.2. The van der Waals surface area contributed by atoms with Gasteiger partial charge >= 0.3 is 0 Å². The average molecular weight is 482 g/mol. The van der Waals surface area contributed by atoms with E-state index in [1.54, 1.807) is 18.2 Å². The molecule has 0 saturated heterocycles. The second-order valence-corrected chi connectivity index (χ2v) is 9.09. The number of benzene rings is 2. The number of aryl methyl sites for hydroxylation is 1. The lowest BCUT2D eigenvalue weighted by atomic mass is 10.0. The summed E-state index contributed by atoms with van der Waals surface area (Å²) in [6.07, 6.45) is 1.72. The molecule has 1 aromatic heterocycles. The second kappa shape index (κ2) is 11.6. The van der Waals surface area contributed by atoms with Gasteiger partial charge in [0, 0.05) is 17.8 Å². The van der Waals surface area contributed by atoms with Crippen LogP contribution in [-0.4, -0.2) is 32.3 Å². The van der Waals surface area contributed by atoms with Gasteiger partial charge in [-0.25, -0.2) is 4.39 Å². The Morgan fingerprint density at radius 1 is 1.12 bits per heavy atom. The van der Waals surface area contributed by atoms with Gasteiger partial charge in [0.15, 0.2) is 11.0 Å². The molecule has 0 bridgehead atoms. The summed E-state index contributed by atoms with van der Waals surface area (Å²) in [6.45, 7) is 10.2. The van der Waals surface area contributed by atoms with Gasteiger partial charge < -0.3 is 15.2 Å². The number of rotatable bonds is 10. The highest BCUT2D eigenvalue weighted by Gasteiger charge is 2.26. The Bertz CT molecular complexity index is 1140. The molecule has 1 heterocycles. The smallest absolute Gasteiger partial charge is 0.251 e. The molecule has 178 valence electrons. The lowest BCUT2D eigenvalue weighted by Gasteiger charge is -2.22. The summed E-state index contributed by atoms with van der Waals surface area (Å²) in [4.78, 5) is 25.2. The number of thioether (sulfide) groups is 1. The summed E-state index contributed by atoms with van der Waals surface area (Å²) in [6, 6.07) is 12.6. The van der Waals surface area contributed by atoms with E-state index in [1.807, 2.05) is 37.5 Å². The molecule has 2 aromatic carbocycles. The lowest BCUT2D eigenvalue weighted by molar-refractivity contribution is -0.113. The van der Waals surface area contributed by atoms with Crippen molar-refractivity contribution in [2.45, 2.75) is 38.5 Å². The topological polar surface area (TPSA) is 88.9 Å². The van der Waals surface area contributed by atoms with Crippen LogP contribution in [-0.2, 0) is 11.3 Å². The Hall–Kier alpha value is -3.46. The average Bonchev–Trinajstić information content (AvgIpc) is 3.20. The highest BCUT2D eigenvalue weighted by molar-refractivity contribution is 7.99. The number of allylic oxidation sites excluding steroid dienone is 1.